The number of unbranched alkanes of at least 4 members (excludes halogenated alkanes) is 1. The molecule has 0 radical (unpaired) electrons. The molecule has 0 aromatic carbocycles. The topological polar surface area (TPSA) is 58.2 Å². The van der Waals surface area contributed by atoms with E-state index in [4.69, 9.17) is 0 Å². The van der Waals surface area contributed by atoms with Gasteiger partial charge in [-0.25, -0.2) is 0 Å². The van der Waals surface area contributed by atoms with Gasteiger partial charge in [0.1, 0.15) is 0 Å². The Labute approximate surface area is 149 Å². The van der Waals surface area contributed by atoms with Crippen molar-refractivity contribution in [3.8, 4) is 0 Å². The fourth-order valence-corrected chi connectivity index (χ4v) is 2.40. The summed E-state index contributed by atoms with van der Waals surface area (Å²) in [4.78, 5) is 23.8. The zero-order valence-corrected chi connectivity index (χ0v) is 16.8. The molecule has 2 N–H and O–H groups in total. The molecule has 24 heavy (non-hydrogen) atoms. The number of carbonyl (C=O) groups is 2. The van der Waals surface area contributed by atoms with Crippen molar-refractivity contribution < 1.29 is 9.59 Å². The van der Waals surface area contributed by atoms with Crippen LogP contribution in [-0.4, -0.2) is 24.9 Å². The fraction of sp³-hybridized carbons (Fsp3) is 0.900. The molecular formula is C20H40N2O2. The van der Waals surface area contributed by atoms with Gasteiger partial charge in [0.15, 0.2) is 0 Å². The first kappa shape index (κ1) is 22.9. The minimum Gasteiger partial charge on any atom is -0.356 e. The van der Waals surface area contributed by atoms with Gasteiger partial charge in [0.25, 0.3) is 0 Å². The highest BCUT2D eigenvalue weighted by molar-refractivity contribution is 5.78. The lowest BCUT2D eigenvalue weighted by Crippen LogP contribution is -2.33. The number of nitrogens with one attached hydrogen (secondary N) is 2. The molecule has 2 amide bonds. The Bertz CT molecular complexity index is 358. The maximum atomic E-state index is 12.0. The number of carbonyl (C=O) groups excluding carboxylic acids is 2. The molecule has 0 aliphatic carbocycles. The maximum Gasteiger partial charge on any atom is 0.222 e. The van der Waals surface area contributed by atoms with Gasteiger partial charge in [-0.15, -0.1) is 0 Å². The molecule has 0 fully saturated rings. The predicted molar refractivity (Wildman–Crippen MR) is 102 cm³/mol. The lowest BCUT2D eigenvalue weighted by Gasteiger charge is -2.16. The average molecular weight is 341 g/mol. The fourth-order valence-electron chi connectivity index (χ4n) is 2.40. The number of rotatable bonds is 13. The molecule has 0 spiro atoms. The van der Waals surface area contributed by atoms with Crippen LogP contribution in [0.3, 0.4) is 0 Å². The first-order chi connectivity index (χ1) is 11.3. The molecule has 4 heteroatoms. The molecule has 0 saturated carbocycles. The Kier molecular flexibility index (Phi) is 12.7. The first-order valence-electron chi connectivity index (χ1n) is 9.87. The van der Waals surface area contributed by atoms with Gasteiger partial charge >= 0.3 is 0 Å². The van der Waals surface area contributed by atoms with Crippen molar-refractivity contribution in [2.45, 2.75) is 80.1 Å². The van der Waals surface area contributed by atoms with E-state index >= 15 is 0 Å². The highest BCUT2D eigenvalue weighted by Crippen LogP contribution is 2.14. The summed E-state index contributed by atoms with van der Waals surface area (Å²) >= 11 is 0. The Morgan fingerprint density at radius 3 is 1.75 bits per heavy atom. The zero-order chi connectivity index (χ0) is 18.5. The lowest BCUT2D eigenvalue weighted by molar-refractivity contribution is -0.125. The predicted octanol–water partition coefficient (Wildman–Crippen LogP) is 4.14. The molecule has 0 rings (SSSR count). The molecular weight excluding hydrogens is 300 g/mol. The monoisotopic (exact) mass is 340 g/mol. The van der Waals surface area contributed by atoms with E-state index in [1.165, 1.54) is 0 Å². The zero-order valence-electron chi connectivity index (χ0n) is 16.8. The molecule has 0 unspecified atom stereocenters. The van der Waals surface area contributed by atoms with E-state index in [1.54, 1.807) is 0 Å². The summed E-state index contributed by atoms with van der Waals surface area (Å²) < 4.78 is 0. The molecule has 0 aromatic rings. The van der Waals surface area contributed by atoms with Crippen molar-refractivity contribution in [3.05, 3.63) is 0 Å². The summed E-state index contributed by atoms with van der Waals surface area (Å²) in [6.07, 6.45) is 6.21. The molecule has 0 aliphatic heterocycles. The molecule has 0 aliphatic rings. The molecule has 0 saturated heterocycles. The van der Waals surface area contributed by atoms with Gasteiger partial charge in [-0.2, -0.15) is 0 Å². The van der Waals surface area contributed by atoms with Crippen molar-refractivity contribution in [2.75, 3.05) is 13.1 Å². The van der Waals surface area contributed by atoms with Gasteiger partial charge < -0.3 is 10.6 Å². The lowest BCUT2D eigenvalue weighted by atomic mass is 9.98. The number of amides is 2. The van der Waals surface area contributed by atoms with Crippen LogP contribution in [-0.2, 0) is 9.59 Å². The van der Waals surface area contributed by atoms with Gasteiger partial charge in [-0.3, -0.25) is 9.59 Å². The van der Waals surface area contributed by atoms with E-state index in [0.717, 1.165) is 51.6 Å². The first-order valence-corrected chi connectivity index (χ1v) is 9.87. The summed E-state index contributed by atoms with van der Waals surface area (Å²) in [5, 5.41) is 6.08. The minimum atomic E-state index is 0.0921. The van der Waals surface area contributed by atoms with Crippen LogP contribution in [0.5, 0.6) is 0 Å². The third-order valence-corrected chi connectivity index (χ3v) is 5.04. The Morgan fingerprint density at radius 2 is 1.21 bits per heavy atom. The maximum absolute atomic E-state index is 12.0. The van der Waals surface area contributed by atoms with E-state index in [2.05, 4.69) is 31.4 Å². The standard InChI is InChI=1S/C20H40N2O2/c1-7-15(3)13-21-20(24)18(6)12-10-9-11-16(4)14-22-19(23)17(5)8-2/h15-18H,7-14H2,1-6H3,(H,21,24)(H,22,23)/t15-,16+,17+,18-/m0/s1. The molecule has 0 bridgehead atoms. The number of hydrogen-bond donors (Lipinski definition) is 2. The van der Waals surface area contributed by atoms with Crippen LogP contribution in [0.4, 0.5) is 0 Å². The van der Waals surface area contributed by atoms with Gasteiger partial charge in [0.2, 0.25) is 11.8 Å². The Morgan fingerprint density at radius 1 is 0.708 bits per heavy atom. The largest absolute Gasteiger partial charge is 0.356 e. The Balaban J connectivity index is 3.76. The summed E-state index contributed by atoms with van der Waals surface area (Å²) in [7, 11) is 0. The van der Waals surface area contributed by atoms with E-state index in [9.17, 15) is 9.59 Å². The van der Waals surface area contributed by atoms with E-state index in [-0.39, 0.29) is 23.7 Å². The highest BCUT2D eigenvalue weighted by Gasteiger charge is 2.14. The Hall–Kier alpha value is -1.06. The molecule has 0 aromatic heterocycles. The van der Waals surface area contributed by atoms with Gasteiger partial charge in [-0.05, 0) is 31.1 Å². The summed E-state index contributed by atoms with van der Waals surface area (Å²) in [6, 6.07) is 0. The van der Waals surface area contributed by atoms with Crippen LogP contribution >= 0.6 is 0 Å². The quantitative estimate of drug-likeness (QED) is 0.495. The summed E-state index contributed by atoms with van der Waals surface area (Å²) in [5.41, 5.74) is 0. The highest BCUT2D eigenvalue weighted by atomic mass is 16.2. The van der Waals surface area contributed by atoms with Crippen molar-refractivity contribution in [2.24, 2.45) is 23.7 Å². The summed E-state index contributed by atoms with van der Waals surface area (Å²) in [5.74, 6) is 1.58. The van der Waals surface area contributed by atoms with Crippen LogP contribution in [0.2, 0.25) is 0 Å². The van der Waals surface area contributed by atoms with Crippen molar-refractivity contribution in [1.82, 2.24) is 10.6 Å². The van der Waals surface area contributed by atoms with E-state index in [1.807, 2.05) is 20.8 Å². The molecule has 4 nitrogen and oxygen atoms in total. The molecule has 4 atom stereocenters. The van der Waals surface area contributed by atoms with Gasteiger partial charge in [0, 0.05) is 24.9 Å². The van der Waals surface area contributed by atoms with Gasteiger partial charge in [0.05, 0.1) is 0 Å². The van der Waals surface area contributed by atoms with E-state index < -0.39 is 0 Å². The van der Waals surface area contributed by atoms with Crippen LogP contribution < -0.4 is 10.6 Å². The molecule has 0 heterocycles. The second kappa shape index (κ2) is 13.3. The normalized spacial score (nSPS) is 16.1. The smallest absolute Gasteiger partial charge is 0.222 e. The van der Waals surface area contributed by atoms with Gasteiger partial charge in [-0.1, -0.05) is 60.8 Å². The SMILES string of the molecule is CC[C@H](C)CNC(=O)[C@@H](C)CCCC[C@@H](C)CNC(=O)[C@H](C)CC. The second-order valence-corrected chi connectivity index (χ2v) is 7.60. The van der Waals surface area contributed by atoms with Crippen LogP contribution in [0.15, 0.2) is 0 Å². The molecule has 142 valence electrons. The summed E-state index contributed by atoms with van der Waals surface area (Å²) in [6.45, 7) is 14.0. The number of hydrogen-bond acceptors (Lipinski definition) is 2. The van der Waals surface area contributed by atoms with Crippen LogP contribution in [0.25, 0.3) is 0 Å². The third-order valence-electron chi connectivity index (χ3n) is 5.04. The second-order valence-electron chi connectivity index (χ2n) is 7.60. The average Bonchev–Trinajstić information content (AvgIpc) is 2.59. The van der Waals surface area contributed by atoms with E-state index in [0.29, 0.717) is 11.8 Å². The van der Waals surface area contributed by atoms with Crippen molar-refractivity contribution in [3.63, 3.8) is 0 Å². The van der Waals surface area contributed by atoms with Crippen molar-refractivity contribution in [1.29, 1.82) is 0 Å². The van der Waals surface area contributed by atoms with Crippen molar-refractivity contribution >= 4 is 11.8 Å². The minimum absolute atomic E-state index is 0.0921. The van der Waals surface area contributed by atoms with Crippen LogP contribution in [0, 0.1) is 23.7 Å². The van der Waals surface area contributed by atoms with Crippen LogP contribution in [0.1, 0.15) is 80.1 Å². The third kappa shape index (κ3) is 10.7.